The first-order valence-electron chi connectivity index (χ1n) is 9.19. The molecule has 2 aromatic rings. The van der Waals surface area contributed by atoms with Gasteiger partial charge in [-0.1, -0.05) is 24.3 Å². The van der Waals surface area contributed by atoms with Gasteiger partial charge in [-0.2, -0.15) is 5.53 Å². The lowest BCUT2D eigenvalue weighted by Gasteiger charge is -2.37. The molecule has 0 aliphatic carbocycles. The molecular formula is C19H22F2N6O. The summed E-state index contributed by atoms with van der Waals surface area (Å²) in [4.78, 5) is 16.6. The second kappa shape index (κ2) is 8.09. The molecule has 0 saturated carbocycles. The maximum absolute atomic E-state index is 14.0. The zero-order chi connectivity index (χ0) is 19.5. The zero-order valence-electron chi connectivity index (χ0n) is 15.2. The molecule has 2 atom stereocenters. The average Bonchev–Trinajstić information content (AvgIpc) is 3.18. The summed E-state index contributed by atoms with van der Waals surface area (Å²) in [6.45, 7) is 2.06. The average molecular weight is 388 g/mol. The van der Waals surface area contributed by atoms with Crippen LogP contribution in [-0.4, -0.2) is 49.2 Å². The van der Waals surface area contributed by atoms with Crippen LogP contribution in [0, 0.1) is 11.6 Å². The highest BCUT2D eigenvalue weighted by Crippen LogP contribution is 2.21. The third-order valence-electron chi connectivity index (χ3n) is 5.02. The number of para-hydroxylation sites is 2. The van der Waals surface area contributed by atoms with Gasteiger partial charge in [0.25, 0.3) is 0 Å². The molecule has 2 aliphatic rings. The molecule has 4 N–H and O–H groups in total. The van der Waals surface area contributed by atoms with Crippen LogP contribution in [0.2, 0.25) is 0 Å². The van der Waals surface area contributed by atoms with Gasteiger partial charge in [0.15, 0.2) is 0 Å². The summed E-state index contributed by atoms with van der Waals surface area (Å²) < 4.78 is 27.9. The molecular weight excluding hydrogens is 366 g/mol. The second-order valence-electron chi connectivity index (χ2n) is 6.76. The molecule has 0 spiro atoms. The Bertz CT molecular complexity index is 843. The molecule has 4 rings (SSSR count). The van der Waals surface area contributed by atoms with Crippen LogP contribution in [0.3, 0.4) is 0 Å². The summed E-state index contributed by atoms with van der Waals surface area (Å²) in [5, 5.41) is 3.00. The lowest BCUT2D eigenvalue weighted by Crippen LogP contribution is -2.57. The minimum atomic E-state index is -0.611. The summed E-state index contributed by atoms with van der Waals surface area (Å²) >= 11 is 0. The molecule has 2 aromatic carbocycles. The van der Waals surface area contributed by atoms with Crippen molar-refractivity contribution in [1.29, 1.82) is 0 Å². The van der Waals surface area contributed by atoms with E-state index >= 15 is 0 Å². The van der Waals surface area contributed by atoms with Gasteiger partial charge in [0.1, 0.15) is 23.8 Å². The Hall–Kier alpha value is -2.75. The second-order valence-corrected chi connectivity index (χ2v) is 6.76. The van der Waals surface area contributed by atoms with Crippen LogP contribution in [0.4, 0.5) is 20.2 Å². The molecule has 1 amide bonds. The van der Waals surface area contributed by atoms with Gasteiger partial charge < -0.3 is 15.1 Å². The Morgan fingerprint density at radius 3 is 2.32 bits per heavy atom. The Morgan fingerprint density at radius 2 is 1.61 bits per heavy atom. The van der Waals surface area contributed by atoms with E-state index in [2.05, 4.69) is 21.7 Å². The Balaban J connectivity index is 1.38. The molecule has 0 radical (unpaired) electrons. The fourth-order valence-corrected chi connectivity index (χ4v) is 3.51. The number of hydrazine groups is 2. The maximum Gasteiger partial charge on any atom is 0.244 e. The number of hydrogen-bond acceptors (Lipinski definition) is 6. The number of nitrogens with zero attached hydrogens (tertiary/aromatic N) is 2. The quantitative estimate of drug-likeness (QED) is 0.627. The van der Waals surface area contributed by atoms with Crippen molar-refractivity contribution in [2.75, 3.05) is 36.4 Å². The molecule has 148 valence electrons. The number of hydrogen-bond donors (Lipinski definition) is 4. The number of benzene rings is 2. The van der Waals surface area contributed by atoms with Crippen molar-refractivity contribution in [1.82, 2.24) is 21.3 Å². The fraction of sp³-hybridized carbons (Fsp3) is 0.316. The third kappa shape index (κ3) is 3.77. The van der Waals surface area contributed by atoms with E-state index in [0.717, 1.165) is 0 Å². The lowest BCUT2D eigenvalue weighted by atomic mass is 10.1. The summed E-state index contributed by atoms with van der Waals surface area (Å²) in [6.07, 6.45) is -0.519. The molecule has 2 fully saturated rings. The molecule has 9 heteroatoms. The van der Waals surface area contributed by atoms with Crippen LogP contribution < -0.4 is 26.6 Å². The SMILES string of the molecule is O=C(C1NNNC1Nc1ccccc1F)N1CCN(c2ccccc2F)CC1. The van der Waals surface area contributed by atoms with E-state index in [1.165, 1.54) is 12.1 Å². The van der Waals surface area contributed by atoms with E-state index < -0.39 is 12.2 Å². The Kier molecular flexibility index (Phi) is 5.38. The highest BCUT2D eigenvalue weighted by Gasteiger charge is 2.37. The van der Waals surface area contributed by atoms with E-state index in [0.29, 0.717) is 37.6 Å². The van der Waals surface area contributed by atoms with Crippen LogP contribution in [0.15, 0.2) is 48.5 Å². The Morgan fingerprint density at radius 1 is 0.929 bits per heavy atom. The zero-order valence-corrected chi connectivity index (χ0v) is 15.2. The summed E-state index contributed by atoms with van der Waals surface area (Å²) in [7, 11) is 0. The van der Waals surface area contributed by atoms with Gasteiger partial charge in [-0.3, -0.25) is 4.79 Å². The number of piperazine rings is 1. The van der Waals surface area contributed by atoms with Crippen LogP contribution in [0.25, 0.3) is 0 Å². The number of nitrogens with one attached hydrogen (secondary N) is 4. The van der Waals surface area contributed by atoms with Crippen molar-refractivity contribution < 1.29 is 13.6 Å². The van der Waals surface area contributed by atoms with Crippen molar-refractivity contribution in [2.24, 2.45) is 0 Å². The Labute approximate surface area is 161 Å². The van der Waals surface area contributed by atoms with Gasteiger partial charge in [-0.15, -0.1) is 0 Å². The number of halogens is 2. The van der Waals surface area contributed by atoms with E-state index in [1.807, 2.05) is 4.90 Å². The monoisotopic (exact) mass is 388 g/mol. The summed E-state index contributed by atoms with van der Waals surface area (Å²) in [5.41, 5.74) is 9.38. The van der Waals surface area contributed by atoms with E-state index in [4.69, 9.17) is 0 Å². The maximum atomic E-state index is 14.0. The van der Waals surface area contributed by atoms with Gasteiger partial charge in [0.2, 0.25) is 5.91 Å². The molecule has 28 heavy (non-hydrogen) atoms. The van der Waals surface area contributed by atoms with Crippen LogP contribution in [0.1, 0.15) is 0 Å². The molecule has 0 aromatic heterocycles. The highest BCUT2D eigenvalue weighted by atomic mass is 19.1. The molecule has 2 heterocycles. The lowest BCUT2D eigenvalue weighted by molar-refractivity contribution is -0.133. The smallest absolute Gasteiger partial charge is 0.244 e. The molecule has 7 nitrogen and oxygen atoms in total. The van der Waals surface area contributed by atoms with Crippen molar-refractivity contribution in [3.05, 3.63) is 60.2 Å². The molecule has 2 saturated heterocycles. The highest BCUT2D eigenvalue weighted by molar-refractivity contribution is 5.83. The number of carbonyl (C=O) groups excluding carboxylic acids is 1. The van der Waals surface area contributed by atoms with Crippen molar-refractivity contribution in [3.63, 3.8) is 0 Å². The standard InChI is InChI=1S/C19H22F2N6O/c20-13-5-1-3-7-15(13)22-18-17(23-25-24-18)19(28)27-11-9-26(10-12-27)16-8-4-2-6-14(16)21/h1-8,17-18,22-25H,9-12H2. The summed E-state index contributed by atoms with van der Waals surface area (Å²) in [6, 6.07) is 12.3. The molecule has 2 unspecified atom stereocenters. The predicted molar refractivity (Wildman–Crippen MR) is 102 cm³/mol. The first kappa shape index (κ1) is 18.6. The van der Waals surface area contributed by atoms with Gasteiger partial charge in [-0.25, -0.2) is 19.6 Å². The normalized spacial score (nSPS) is 22.4. The van der Waals surface area contributed by atoms with Crippen LogP contribution in [-0.2, 0) is 4.79 Å². The van der Waals surface area contributed by atoms with Gasteiger partial charge >= 0.3 is 0 Å². The van der Waals surface area contributed by atoms with E-state index in [1.54, 1.807) is 41.3 Å². The largest absolute Gasteiger partial charge is 0.366 e. The number of amides is 1. The van der Waals surface area contributed by atoms with Gasteiger partial charge in [0.05, 0.1) is 11.4 Å². The molecule has 0 bridgehead atoms. The van der Waals surface area contributed by atoms with Crippen molar-refractivity contribution in [2.45, 2.75) is 12.2 Å². The topological polar surface area (TPSA) is 71.7 Å². The van der Waals surface area contributed by atoms with E-state index in [9.17, 15) is 13.6 Å². The minimum Gasteiger partial charge on any atom is -0.366 e. The predicted octanol–water partition coefficient (Wildman–Crippen LogP) is 1.03. The van der Waals surface area contributed by atoms with Crippen LogP contribution in [0.5, 0.6) is 0 Å². The third-order valence-corrected chi connectivity index (χ3v) is 5.02. The first-order valence-corrected chi connectivity index (χ1v) is 9.19. The van der Waals surface area contributed by atoms with Crippen molar-refractivity contribution >= 4 is 17.3 Å². The number of rotatable bonds is 4. The van der Waals surface area contributed by atoms with Crippen molar-refractivity contribution in [3.8, 4) is 0 Å². The number of anilines is 2. The fourth-order valence-electron chi connectivity index (χ4n) is 3.51. The number of carbonyl (C=O) groups is 1. The van der Waals surface area contributed by atoms with Crippen LogP contribution >= 0.6 is 0 Å². The van der Waals surface area contributed by atoms with Gasteiger partial charge in [0, 0.05) is 26.2 Å². The minimum absolute atomic E-state index is 0.112. The van der Waals surface area contributed by atoms with Gasteiger partial charge in [-0.05, 0) is 24.3 Å². The summed E-state index contributed by atoms with van der Waals surface area (Å²) in [5.74, 6) is -0.761. The molecule has 2 aliphatic heterocycles. The van der Waals surface area contributed by atoms with E-state index in [-0.39, 0.29) is 17.5 Å². The first-order chi connectivity index (χ1) is 13.6.